The number of carbonyl (C=O) groups excluding carboxylic acids is 1. The molecule has 0 aromatic heterocycles. The van der Waals surface area contributed by atoms with Crippen molar-refractivity contribution < 1.29 is 4.79 Å². The molecular formula is C10H8Cl2O. The molecule has 0 atom stereocenters. The Morgan fingerprint density at radius 2 is 1.92 bits per heavy atom. The normalized spacial score (nSPS) is 15.7. The second-order valence-electron chi connectivity index (χ2n) is 3.21. The lowest BCUT2D eigenvalue weighted by Gasteiger charge is -2.16. The van der Waals surface area contributed by atoms with Crippen LogP contribution in [0.4, 0.5) is 0 Å². The van der Waals surface area contributed by atoms with E-state index in [9.17, 15) is 4.79 Å². The molecule has 0 saturated heterocycles. The summed E-state index contributed by atoms with van der Waals surface area (Å²) < 4.78 is 0. The van der Waals surface area contributed by atoms with Crippen molar-refractivity contribution in [1.29, 1.82) is 0 Å². The van der Waals surface area contributed by atoms with E-state index >= 15 is 0 Å². The Kier molecular flexibility index (Phi) is 2.31. The number of rotatable bonds is 0. The fraction of sp³-hybridized carbons (Fsp3) is 0.300. The van der Waals surface area contributed by atoms with Crippen LogP contribution in [0.1, 0.15) is 17.5 Å². The first-order chi connectivity index (χ1) is 6.18. The molecule has 0 fully saturated rings. The first-order valence-electron chi connectivity index (χ1n) is 4.16. The molecule has 0 aliphatic heterocycles. The molecule has 0 amide bonds. The van der Waals surface area contributed by atoms with Crippen LogP contribution in [-0.4, -0.2) is 5.78 Å². The lowest BCUT2D eigenvalue weighted by molar-refractivity contribution is -0.118. The van der Waals surface area contributed by atoms with Gasteiger partial charge in [-0.25, -0.2) is 0 Å². The Balaban J connectivity index is 2.53. The molecule has 0 unspecified atom stereocenters. The second-order valence-corrected chi connectivity index (χ2v) is 4.00. The minimum atomic E-state index is 0.283. The summed E-state index contributed by atoms with van der Waals surface area (Å²) in [7, 11) is 0. The lowest BCUT2D eigenvalue weighted by atomic mass is 9.91. The number of ketones is 1. The lowest BCUT2D eigenvalue weighted by Crippen LogP contribution is -2.13. The van der Waals surface area contributed by atoms with Crippen molar-refractivity contribution in [3.63, 3.8) is 0 Å². The highest BCUT2D eigenvalue weighted by Crippen LogP contribution is 2.32. The van der Waals surface area contributed by atoms with Crippen molar-refractivity contribution in [2.75, 3.05) is 0 Å². The van der Waals surface area contributed by atoms with Crippen LogP contribution in [0.2, 0.25) is 10.0 Å². The first kappa shape index (κ1) is 9.04. The zero-order chi connectivity index (χ0) is 9.42. The topological polar surface area (TPSA) is 17.1 Å². The Hall–Kier alpha value is -0.530. The molecule has 1 aliphatic rings. The number of Topliss-reactive ketones (excluding diaryl/α,β-unsaturated/α-hetero) is 1. The van der Waals surface area contributed by atoms with Crippen LogP contribution in [0.3, 0.4) is 0 Å². The fourth-order valence-corrected chi connectivity index (χ4v) is 2.09. The number of halogens is 2. The second kappa shape index (κ2) is 3.32. The predicted octanol–water partition coefficient (Wildman–Crippen LogP) is 3.05. The van der Waals surface area contributed by atoms with Gasteiger partial charge in [-0.3, -0.25) is 4.79 Å². The van der Waals surface area contributed by atoms with E-state index in [0.717, 1.165) is 17.5 Å². The van der Waals surface area contributed by atoms with Gasteiger partial charge >= 0.3 is 0 Å². The first-order valence-corrected chi connectivity index (χ1v) is 4.91. The molecule has 0 spiro atoms. The van der Waals surface area contributed by atoms with Crippen LogP contribution >= 0.6 is 23.2 Å². The highest BCUT2D eigenvalue weighted by Gasteiger charge is 2.18. The summed E-state index contributed by atoms with van der Waals surface area (Å²) in [5.74, 6) is 0.283. The summed E-state index contributed by atoms with van der Waals surface area (Å²) in [6.45, 7) is 0. The standard InChI is InChI=1S/C10H8Cl2O/c11-9-4-1-6-5-7(13)2-3-8(6)10(9)12/h1,4H,2-3,5H2. The van der Waals surface area contributed by atoms with Gasteiger partial charge in [-0.05, 0) is 23.6 Å². The highest BCUT2D eigenvalue weighted by atomic mass is 35.5. The summed E-state index contributed by atoms with van der Waals surface area (Å²) >= 11 is 11.9. The molecule has 2 rings (SSSR count). The quantitative estimate of drug-likeness (QED) is 0.649. The molecule has 1 nitrogen and oxygen atoms in total. The molecule has 1 aromatic carbocycles. The van der Waals surface area contributed by atoms with Crippen LogP contribution in [0.5, 0.6) is 0 Å². The third-order valence-electron chi connectivity index (χ3n) is 2.33. The maximum Gasteiger partial charge on any atom is 0.137 e. The van der Waals surface area contributed by atoms with Crippen molar-refractivity contribution in [2.24, 2.45) is 0 Å². The average molecular weight is 215 g/mol. The van der Waals surface area contributed by atoms with Gasteiger partial charge in [0.2, 0.25) is 0 Å². The Morgan fingerprint density at radius 3 is 2.69 bits per heavy atom. The van der Waals surface area contributed by atoms with E-state index in [-0.39, 0.29) is 5.78 Å². The number of hydrogen-bond donors (Lipinski definition) is 0. The molecule has 0 saturated carbocycles. The van der Waals surface area contributed by atoms with E-state index in [1.807, 2.05) is 6.07 Å². The van der Waals surface area contributed by atoms with Gasteiger partial charge in [0.25, 0.3) is 0 Å². The zero-order valence-electron chi connectivity index (χ0n) is 6.94. The van der Waals surface area contributed by atoms with E-state index in [1.165, 1.54) is 0 Å². The van der Waals surface area contributed by atoms with Crippen molar-refractivity contribution in [3.05, 3.63) is 33.3 Å². The monoisotopic (exact) mass is 214 g/mol. The zero-order valence-corrected chi connectivity index (χ0v) is 8.45. The van der Waals surface area contributed by atoms with Crippen LogP contribution in [0.25, 0.3) is 0 Å². The fourth-order valence-electron chi connectivity index (χ4n) is 1.63. The Labute approximate surface area is 86.7 Å². The van der Waals surface area contributed by atoms with Gasteiger partial charge in [0.1, 0.15) is 5.78 Å². The highest BCUT2D eigenvalue weighted by molar-refractivity contribution is 6.42. The Morgan fingerprint density at radius 1 is 1.15 bits per heavy atom. The molecule has 0 N–H and O–H groups in total. The largest absolute Gasteiger partial charge is 0.299 e. The maximum atomic E-state index is 11.1. The Bertz CT molecular complexity index is 371. The third kappa shape index (κ3) is 1.59. The van der Waals surface area contributed by atoms with Gasteiger partial charge < -0.3 is 0 Å². The molecule has 68 valence electrons. The van der Waals surface area contributed by atoms with Gasteiger partial charge in [-0.15, -0.1) is 0 Å². The number of hydrogen-bond acceptors (Lipinski definition) is 1. The van der Waals surface area contributed by atoms with Crippen LogP contribution in [-0.2, 0) is 17.6 Å². The van der Waals surface area contributed by atoms with Gasteiger partial charge in [-0.1, -0.05) is 29.3 Å². The molecule has 0 radical (unpaired) electrons. The average Bonchev–Trinajstić information content (AvgIpc) is 2.12. The van der Waals surface area contributed by atoms with Crippen molar-refractivity contribution in [3.8, 4) is 0 Å². The van der Waals surface area contributed by atoms with E-state index in [1.54, 1.807) is 6.07 Å². The predicted molar refractivity (Wildman–Crippen MR) is 53.5 cm³/mol. The summed E-state index contributed by atoms with van der Waals surface area (Å²) in [4.78, 5) is 11.1. The van der Waals surface area contributed by atoms with Gasteiger partial charge in [0.15, 0.2) is 0 Å². The smallest absolute Gasteiger partial charge is 0.137 e. The number of benzene rings is 1. The van der Waals surface area contributed by atoms with Crippen LogP contribution in [0.15, 0.2) is 12.1 Å². The van der Waals surface area contributed by atoms with E-state index in [0.29, 0.717) is 22.9 Å². The maximum absolute atomic E-state index is 11.1. The van der Waals surface area contributed by atoms with Crippen molar-refractivity contribution in [1.82, 2.24) is 0 Å². The third-order valence-corrected chi connectivity index (χ3v) is 3.18. The van der Waals surface area contributed by atoms with E-state index < -0.39 is 0 Å². The minimum Gasteiger partial charge on any atom is -0.299 e. The number of carbonyl (C=O) groups is 1. The minimum absolute atomic E-state index is 0.283. The van der Waals surface area contributed by atoms with Gasteiger partial charge in [-0.2, -0.15) is 0 Å². The van der Waals surface area contributed by atoms with Crippen LogP contribution < -0.4 is 0 Å². The van der Waals surface area contributed by atoms with Gasteiger partial charge in [0, 0.05) is 12.8 Å². The van der Waals surface area contributed by atoms with Crippen molar-refractivity contribution in [2.45, 2.75) is 19.3 Å². The summed E-state index contributed by atoms with van der Waals surface area (Å²) in [6, 6.07) is 3.64. The summed E-state index contributed by atoms with van der Waals surface area (Å²) in [5.41, 5.74) is 2.08. The van der Waals surface area contributed by atoms with Crippen LogP contribution in [0, 0.1) is 0 Å². The van der Waals surface area contributed by atoms with E-state index in [2.05, 4.69) is 0 Å². The molecular weight excluding hydrogens is 207 g/mol. The molecule has 1 aliphatic carbocycles. The summed E-state index contributed by atoms with van der Waals surface area (Å²) in [5, 5.41) is 1.20. The molecule has 3 heteroatoms. The summed E-state index contributed by atoms with van der Waals surface area (Å²) in [6.07, 6.45) is 1.83. The molecule has 0 bridgehead atoms. The van der Waals surface area contributed by atoms with Gasteiger partial charge in [0.05, 0.1) is 10.0 Å². The van der Waals surface area contributed by atoms with E-state index in [4.69, 9.17) is 23.2 Å². The molecule has 1 aromatic rings. The van der Waals surface area contributed by atoms with Crippen molar-refractivity contribution >= 4 is 29.0 Å². The molecule has 13 heavy (non-hydrogen) atoms. The molecule has 0 heterocycles. The SMILES string of the molecule is O=C1CCc2c(ccc(Cl)c2Cl)C1. The number of fused-ring (bicyclic) bond motifs is 1.